The van der Waals surface area contributed by atoms with Crippen molar-refractivity contribution >= 4 is 24.0 Å². The Morgan fingerprint density at radius 3 is 2.28 bits per heavy atom. The summed E-state index contributed by atoms with van der Waals surface area (Å²) in [5.74, 6) is -3.98. The van der Waals surface area contributed by atoms with E-state index in [4.69, 9.17) is 4.74 Å². The maximum absolute atomic E-state index is 12.4. The van der Waals surface area contributed by atoms with Crippen molar-refractivity contribution in [2.45, 2.75) is 32.3 Å². The predicted molar refractivity (Wildman–Crippen MR) is 121 cm³/mol. The molecule has 8 heteroatoms. The van der Waals surface area contributed by atoms with Crippen LogP contribution in [-0.2, 0) is 19.1 Å². The minimum Gasteiger partial charge on any atom is -0.478 e. The zero-order valence-electron chi connectivity index (χ0n) is 19.2. The smallest absolute Gasteiger partial charge is 0.334 e. The number of rotatable bonds is 7. The number of benzene rings is 1. The second-order valence-electron chi connectivity index (χ2n) is 8.83. The molecule has 32 heavy (non-hydrogen) atoms. The van der Waals surface area contributed by atoms with Gasteiger partial charge in [-0.3, -0.25) is 0 Å². The minimum absolute atomic E-state index is 0.0146. The topological polar surface area (TPSA) is 107 Å². The Labute approximate surface area is 188 Å². The summed E-state index contributed by atoms with van der Waals surface area (Å²) in [6.07, 6.45) is 4.23. The fourth-order valence-corrected chi connectivity index (χ4v) is 3.54. The SMILES string of the molecule is CN(C)CC1=C(C(=O)O)[C@H](c2ccccc2/C=C/C(=O)OC(C)(C)C)C(C(=O)O)=CN1C. The summed E-state index contributed by atoms with van der Waals surface area (Å²) in [6.45, 7) is 5.58. The van der Waals surface area contributed by atoms with Crippen LogP contribution in [0.5, 0.6) is 0 Å². The maximum atomic E-state index is 12.4. The Balaban J connectivity index is 2.65. The van der Waals surface area contributed by atoms with E-state index in [0.29, 0.717) is 23.4 Å². The summed E-state index contributed by atoms with van der Waals surface area (Å²) < 4.78 is 5.29. The van der Waals surface area contributed by atoms with E-state index in [1.54, 1.807) is 57.0 Å². The number of esters is 1. The van der Waals surface area contributed by atoms with Crippen molar-refractivity contribution in [3.05, 3.63) is 64.5 Å². The highest BCUT2D eigenvalue weighted by Gasteiger charge is 2.38. The molecule has 1 aromatic rings. The predicted octanol–water partition coefficient (Wildman–Crippen LogP) is 2.94. The molecular formula is C24H30N2O6. The van der Waals surface area contributed by atoms with E-state index in [-0.39, 0.29) is 11.1 Å². The van der Waals surface area contributed by atoms with Crippen LogP contribution >= 0.6 is 0 Å². The summed E-state index contributed by atoms with van der Waals surface area (Å²) in [6, 6.07) is 6.84. The molecule has 0 unspecified atom stereocenters. The monoisotopic (exact) mass is 442 g/mol. The normalized spacial score (nSPS) is 17.0. The van der Waals surface area contributed by atoms with Gasteiger partial charge in [-0.05, 0) is 52.1 Å². The van der Waals surface area contributed by atoms with Crippen LogP contribution in [0.3, 0.4) is 0 Å². The zero-order chi connectivity index (χ0) is 24.2. The van der Waals surface area contributed by atoms with E-state index < -0.39 is 29.4 Å². The largest absolute Gasteiger partial charge is 0.478 e. The van der Waals surface area contributed by atoms with Crippen LogP contribution in [0.25, 0.3) is 6.08 Å². The number of carbonyl (C=O) groups is 3. The number of carboxylic acids is 2. The lowest BCUT2D eigenvalue weighted by Gasteiger charge is -2.34. The van der Waals surface area contributed by atoms with Gasteiger partial charge in [-0.1, -0.05) is 24.3 Å². The molecule has 0 radical (unpaired) electrons. The minimum atomic E-state index is -1.21. The molecule has 0 bridgehead atoms. The van der Waals surface area contributed by atoms with Gasteiger partial charge in [0.25, 0.3) is 0 Å². The Kier molecular flexibility index (Phi) is 7.64. The van der Waals surface area contributed by atoms with Crippen molar-refractivity contribution in [3.63, 3.8) is 0 Å². The zero-order valence-corrected chi connectivity index (χ0v) is 19.2. The van der Waals surface area contributed by atoms with Gasteiger partial charge >= 0.3 is 17.9 Å². The van der Waals surface area contributed by atoms with Gasteiger partial charge in [0.15, 0.2) is 0 Å². The second kappa shape index (κ2) is 9.82. The summed E-state index contributed by atoms with van der Waals surface area (Å²) in [5.41, 5.74) is 0.757. The molecule has 172 valence electrons. The number of nitrogens with zero attached hydrogens (tertiary/aromatic N) is 2. The summed E-state index contributed by atoms with van der Waals surface area (Å²) >= 11 is 0. The third-order valence-corrected chi connectivity index (χ3v) is 4.73. The van der Waals surface area contributed by atoms with Crippen molar-refractivity contribution in [3.8, 4) is 0 Å². The molecule has 0 aromatic heterocycles. The molecule has 0 saturated heterocycles. The molecule has 1 aliphatic heterocycles. The van der Waals surface area contributed by atoms with Crippen molar-refractivity contribution in [2.24, 2.45) is 0 Å². The Bertz CT molecular complexity index is 998. The molecule has 1 heterocycles. The van der Waals surface area contributed by atoms with Crippen molar-refractivity contribution in [1.82, 2.24) is 9.80 Å². The van der Waals surface area contributed by atoms with Crippen LogP contribution < -0.4 is 0 Å². The van der Waals surface area contributed by atoms with Crippen LogP contribution in [0.2, 0.25) is 0 Å². The van der Waals surface area contributed by atoms with Crippen LogP contribution in [0.4, 0.5) is 0 Å². The highest BCUT2D eigenvalue weighted by Crippen LogP contribution is 2.40. The lowest BCUT2D eigenvalue weighted by Crippen LogP contribution is -2.34. The third-order valence-electron chi connectivity index (χ3n) is 4.73. The first-order valence-corrected chi connectivity index (χ1v) is 10.1. The van der Waals surface area contributed by atoms with Gasteiger partial charge in [0, 0.05) is 31.6 Å². The van der Waals surface area contributed by atoms with E-state index in [1.807, 2.05) is 19.0 Å². The number of carboxylic acid groups (broad SMARTS) is 2. The first-order chi connectivity index (χ1) is 14.8. The molecule has 0 aliphatic carbocycles. The highest BCUT2D eigenvalue weighted by atomic mass is 16.6. The fourth-order valence-electron chi connectivity index (χ4n) is 3.54. The lowest BCUT2D eigenvalue weighted by molar-refractivity contribution is -0.148. The van der Waals surface area contributed by atoms with Gasteiger partial charge in [0.05, 0.1) is 17.1 Å². The first-order valence-electron chi connectivity index (χ1n) is 10.1. The van der Waals surface area contributed by atoms with Gasteiger partial charge in [0.2, 0.25) is 0 Å². The fraction of sp³-hybridized carbons (Fsp3) is 0.375. The average molecular weight is 443 g/mol. The average Bonchev–Trinajstić information content (AvgIpc) is 2.65. The number of likely N-dealkylation sites (N-methyl/N-ethyl adjacent to an activating group) is 2. The molecule has 2 N–H and O–H groups in total. The summed E-state index contributed by atoms with van der Waals surface area (Å²) in [7, 11) is 5.25. The van der Waals surface area contributed by atoms with Gasteiger partial charge in [0.1, 0.15) is 5.60 Å². The second-order valence-corrected chi connectivity index (χ2v) is 8.83. The van der Waals surface area contributed by atoms with Crippen LogP contribution in [0.1, 0.15) is 37.8 Å². The molecule has 0 fully saturated rings. The van der Waals surface area contributed by atoms with Crippen molar-refractivity contribution < 1.29 is 29.3 Å². The lowest BCUT2D eigenvalue weighted by atomic mass is 9.79. The van der Waals surface area contributed by atoms with Gasteiger partial charge in [-0.25, -0.2) is 14.4 Å². The van der Waals surface area contributed by atoms with Crippen LogP contribution in [0.15, 0.2) is 53.4 Å². The highest BCUT2D eigenvalue weighted by molar-refractivity contribution is 5.98. The number of hydrogen-bond donors (Lipinski definition) is 2. The van der Waals surface area contributed by atoms with Crippen LogP contribution in [-0.4, -0.2) is 71.2 Å². The molecule has 1 aromatic carbocycles. The van der Waals surface area contributed by atoms with E-state index in [0.717, 1.165) is 0 Å². The van der Waals surface area contributed by atoms with Crippen LogP contribution in [0, 0.1) is 0 Å². The standard InChI is InChI=1S/C24H30N2O6/c1-24(2,3)32-19(27)12-11-15-9-7-8-10-16(15)20-17(22(28)29)13-26(6)18(14-25(4)5)21(20)23(30)31/h7-13,20H,14H2,1-6H3,(H,28,29)(H,30,31)/b12-11+/t20-/m1/s1. The third kappa shape index (κ3) is 6.07. The molecule has 0 spiro atoms. The quantitative estimate of drug-likeness (QED) is 0.490. The molecule has 2 rings (SSSR count). The molecule has 1 atom stereocenters. The molecule has 0 saturated carbocycles. The van der Waals surface area contributed by atoms with Crippen molar-refractivity contribution in [2.75, 3.05) is 27.7 Å². The number of hydrogen-bond acceptors (Lipinski definition) is 6. The summed E-state index contributed by atoms with van der Waals surface area (Å²) in [4.78, 5) is 40.0. The van der Waals surface area contributed by atoms with Gasteiger partial charge in [-0.2, -0.15) is 0 Å². The number of carbonyl (C=O) groups excluding carboxylic acids is 1. The molecular weight excluding hydrogens is 412 g/mol. The Morgan fingerprint density at radius 1 is 1.12 bits per heavy atom. The molecule has 1 aliphatic rings. The number of ether oxygens (including phenoxy) is 1. The van der Waals surface area contributed by atoms with Gasteiger partial charge < -0.3 is 24.7 Å². The Morgan fingerprint density at radius 2 is 1.75 bits per heavy atom. The van der Waals surface area contributed by atoms with E-state index >= 15 is 0 Å². The van der Waals surface area contributed by atoms with E-state index in [2.05, 4.69) is 0 Å². The van der Waals surface area contributed by atoms with E-state index in [1.165, 1.54) is 18.4 Å². The Hall–Kier alpha value is -3.39. The molecule has 0 amide bonds. The maximum Gasteiger partial charge on any atom is 0.334 e. The molecule has 8 nitrogen and oxygen atoms in total. The van der Waals surface area contributed by atoms with E-state index in [9.17, 15) is 24.6 Å². The number of aliphatic carboxylic acids is 2. The first kappa shape index (κ1) is 24.9. The van der Waals surface area contributed by atoms with Crippen molar-refractivity contribution in [1.29, 1.82) is 0 Å². The van der Waals surface area contributed by atoms with Gasteiger partial charge in [-0.15, -0.1) is 0 Å². The summed E-state index contributed by atoms with van der Waals surface area (Å²) in [5, 5.41) is 20.0.